The normalized spacial score (nSPS) is 13.5. The summed E-state index contributed by atoms with van der Waals surface area (Å²) in [4.78, 5) is 38.1. The molecule has 1 unspecified atom stereocenters. The third-order valence-corrected chi connectivity index (χ3v) is 8.60. The number of fused-ring (bicyclic) bond motifs is 4. The fourth-order valence-electron chi connectivity index (χ4n) is 6.29. The minimum absolute atomic E-state index is 0.0147. The van der Waals surface area contributed by atoms with E-state index in [1.807, 2.05) is 40.9 Å². The van der Waals surface area contributed by atoms with E-state index in [1.165, 1.54) is 6.92 Å². The molecule has 1 aliphatic carbocycles. The van der Waals surface area contributed by atoms with Gasteiger partial charge in [0.1, 0.15) is 5.82 Å². The van der Waals surface area contributed by atoms with E-state index in [1.54, 1.807) is 33.5 Å². The van der Waals surface area contributed by atoms with Crippen LogP contribution in [0, 0.1) is 0 Å². The van der Waals surface area contributed by atoms with E-state index in [0.29, 0.717) is 67.3 Å². The molecule has 2 aromatic heterocycles. The Morgan fingerprint density at radius 2 is 1.77 bits per heavy atom. The van der Waals surface area contributed by atoms with Crippen LogP contribution in [0.15, 0.2) is 53.5 Å². The quantitative estimate of drug-likeness (QED) is 0.156. The minimum atomic E-state index is -0.383. The summed E-state index contributed by atoms with van der Waals surface area (Å²) in [7, 11) is 4.70. The molecule has 0 saturated carbocycles. The lowest BCUT2D eigenvalue weighted by atomic mass is 9.95. The van der Waals surface area contributed by atoms with Crippen LogP contribution in [0.1, 0.15) is 68.4 Å². The predicted octanol–water partition coefficient (Wildman–Crippen LogP) is 4.63. The molecule has 0 aliphatic heterocycles. The summed E-state index contributed by atoms with van der Waals surface area (Å²) in [5.41, 5.74) is 4.26. The number of unbranched alkanes of at least 4 members (excludes halogenated alkanes) is 2. The van der Waals surface area contributed by atoms with Crippen molar-refractivity contribution < 1.29 is 23.8 Å². The van der Waals surface area contributed by atoms with Gasteiger partial charge in [0.15, 0.2) is 17.1 Å². The Hall–Kier alpha value is -5.13. The van der Waals surface area contributed by atoms with Gasteiger partial charge >= 0.3 is 0 Å². The Labute approximate surface area is 280 Å². The molecule has 1 atom stereocenters. The van der Waals surface area contributed by atoms with E-state index in [2.05, 4.69) is 26.1 Å². The number of pyridine rings is 1. The zero-order chi connectivity index (χ0) is 34.0. The standard InChI is InChI=1S/C36H44N6O6/c1-23(43)39-27-16-14-24-21-30(46-2)35(47-3)36(48-4)34(24)25-15-17-28(29(44)22-26(25)27)37-19-10-13-33(45)38-18-8-5-6-11-31-40-41-32-12-7-9-20-42(31)32/h7,9,12,15,17,20-22,27H,5-6,8,10-11,13-14,16,18-19H2,1-4H3,(H,37,44)(H,38,45)(H,39,43). The molecule has 0 saturated heterocycles. The Kier molecular flexibility index (Phi) is 11.5. The van der Waals surface area contributed by atoms with E-state index in [-0.39, 0.29) is 23.3 Å². The fraction of sp³-hybridized carbons (Fsp3) is 0.417. The van der Waals surface area contributed by atoms with Crippen LogP contribution < -0.4 is 35.6 Å². The lowest BCUT2D eigenvalue weighted by Gasteiger charge is -2.19. The van der Waals surface area contributed by atoms with Crippen LogP contribution in [0.5, 0.6) is 17.2 Å². The first-order chi connectivity index (χ1) is 23.3. The van der Waals surface area contributed by atoms with Crippen LogP contribution in [-0.2, 0) is 22.4 Å². The third-order valence-electron chi connectivity index (χ3n) is 8.60. The van der Waals surface area contributed by atoms with Crippen molar-refractivity contribution in [3.63, 3.8) is 0 Å². The smallest absolute Gasteiger partial charge is 0.220 e. The Morgan fingerprint density at radius 1 is 0.938 bits per heavy atom. The molecule has 0 fully saturated rings. The van der Waals surface area contributed by atoms with Gasteiger partial charge in [-0.15, -0.1) is 10.2 Å². The molecule has 5 rings (SSSR count). The first-order valence-corrected chi connectivity index (χ1v) is 16.4. The zero-order valence-corrected chi connectivity index (χ0v) is 28.1. The lowest BCUT2D eigenvalue weighted by molar-refractivity contribution is -0.121. The number of aryl methyl sites for hydroxylation is 2. The van der Waals surface area contributed by atoms with Crippen molar-refractivity contribution in [2.45, 2.75) is 64.3 Å². The number of nitrogens with zero attached hydrogens (tertiary/aromatic N) is 3. The van der Waals surface area contributed by atoms with Gasteiger partial charge in [-0.25, -0.2) is 0 Å². The van der Waals surface area contributed by atoms with Crippen LogP contribution in [0.25, 0.3) is 16.8 Å². The van der Waals surface area contributed by atoms with Crippen molar-refractivity contribution in [2.75, 3.05) is 39.7 Å². The monoisotopic (exact) mass is 656 g/mol. The Balaban J connectivity index is 1.18. The molecule has 12 nitrogen and oxygen atoms in total. The van der Waals surface area contributed by atoms with Crippen molar-refractivity contribution >= 4 is 23.1 Å². The van der Waals surface area contributed by atoms with Gasteiger partial charge in [-0.2, -0.15) is 0 Å². The summed E-state index contributed by atoms with van der Waals surface area (Å²) in [6, 6.07) is 12.6. The van der Waals surface area contributed by atoms with E-state index in [4.69, 9.17) is 14.2 Å². The van der Waals surface area contributed by atoms with Crippen LogP contribution in [0.3, 0.4) is 0 Å². The summed E-state index contributed by atoms with van der Waals surface area (Å²) < 4.78 is 19.1. The predicted molar refractivity (Wildman–Crippen MR) is 184 cm³/mol. The van der Waals surface area contributed by atoms with Crippen LogP contribution >= 0.6 is 0 Å². The number of carbonyl (C=O) groups is 2. The van der Waals surface area contributed by atoms with Crippen molar-refractivity contribution in [3.8, 4) is 28.4 Å². The van der Waals surface area contributed by atoms with Crippen molar-refractivity contribution in [3.05, 3.63) is 75.8 Å². The van der Waals surface area contributed by atoms with Crippen molar-refractivity contribution in [1.82, 2.24) is 25.2 Å². The molecular weight excluding hydrogens is 612 g/mol. The van der Waals surface area contributed by atoms with Crippen LogP contribution in [0.4, 0.5) is 5.69 Å². The average Bonchev–Trinajstić information content (AvgIpc) is 3.35. The van der Waals surface area contributed by atoms with Crippen molar-refractivity contribution in [1.29, 1.82) is 0 Å². The Bertz CT molecular complexity index is 1820. The number of anilines is 1. The summed E-state index contributed by atoms with van der Waals surface area (Å²) in [6.45, 7) is 2.54. The largest absolute Gasteiger partial charge is 0.493 e. The fourth-order valence-corrected chi connectivity index (χ4v) is 6.29. The number of benzene rings is 1. The lowest BCUT2D eigenvalue weighted by Crippen LogP contribution is -2.26. The molecule has 0 spiro atoms. The van der Waals surface area contributed by atoms with E-state index >= 15 is 0 Å². The highest BCUT2D eigenvalue weighted by atomic mass is 16.5. The maximum atomic E-state index is 13.5. The summed E-state index contributed by atoms with van der Waals surface area (Å²) in [5.74, 6) is 2.24. The van der Waals surface area contributed by atoms with Crippen LogP contribution in [-0.4, -0.2) is 60.8 Å². The van der Waals surface area contributed by atoms with Gasteiger partial charge in [-0.05, 0) is 79.1 Å². The molecule has 2 heterocycles. The van der Waals surface area contributed by atoms with Gasteiger partial charge < -0.3 is 30.2 Å². The SMILES string of the molecule is COc1cc2c(c(OC)c1OC)-c1ccc(NCCCC(=O)NCCCCCc3nnc4ccccn34)c(=O)cc1C(NC(C)=O)CC2. The molecular formula is C36H44N6O6. The second-order valence-electron chi connectivity index (χ2n) is 11.8. The number of rotatable bonds is 15. The van der Waals surface area contributed by atoms with Gasteiger partial charge in [0, 0.05) is 44.6 Å². The molecule has 3 N–H and O–H groups in total. The van der Waals surface area contributed by atoms with Crippen molar-refractivity contribution in [2.24, 2.45) is 0 Å². The number of hydrogen-bond acceptors (Lipinski definition) is 9. The Morgan fingerprint density at radius 3 is 2.54 bits per heavy atom. The highest BCUT2D eigenvalue weighted by Gasteiger charge is 2.29. The minimum Gasteiger partial charge on any atom is -0.493 e. The number of ether oxygens (including phenoxy) is 3. The summed E-state index contributed by atoms with van der Waals surface area (Å²) >= 11 is 0. The first kappa shape index (κ1) is 34.2. The second kappa shape index (κ2) is 16.1. The maximum absolute atomic E-state index is 13.5. The molecule has 4 aromatic rings. The number of nitrogens with one attached hydrogen (secondary N) is 3. The zero-order valence-electron chi connectivity index (χ0n) is 28.1. The highest BCUT2D eigenvalue weighted by Crippen LogP contribution is 2.50. The van der Waals surface area contributed by atoms with Crippen LogP contribution in [0.2, 0.25) is 0 Å². The summed E-state index contributed by atoms with van der Waals surface area (Å²) in [6.07, 6.45) is 7.75. The summed E-state index contributed by atoms with van der Waals surface area (Å²) in [5, 5.41) is 17.7. The number of aromatic nitrogens is 3. The number of amides is 2. The molecule has 2 aromatic carbocycles. The number of hydrogen-bond donors (Lipinski definition) is 3. The topological polar surface area (TPSA) is 145 Å². The van der Waals surface area contributed by atoms with Gasteiger partial charge in [0.2, 0.25) is 23.0 Å². The molecule has 12 heteroatoms. The van der Waals surface area contributed by atoms with Gasteiger partial charge in [-0.3, -0.25) is 18.8 Å². The maximum Gasteiger partial charge on any atom is 0.220 e. The molecule has 0 radical (unpaired) electrons. The highest BCUT2D eigenvalue weighted by molar-refractivity contribution is 5.84. The van der Waals surface area contributed by atoms with E-state index in [0.717, 1.165) is 53.8 Å². The van der Waals surface area contributed by atoms with E-state index < -0.39 is 0 Å². The third kappa shape index (κ3) is 7.87. The number of methoxy groups -OCH3 is 3. The van der Waals surface area contributed by atoms with Gasteiger partial charge in [0.25, 0.3) is 0 Å². The average molecular weight is 657 g/mol. The molecule has 2 amide bonds. The molecule has 0 bridgehead atoms. The second-order valence-corrected chi connectivity index (χ2v) is 11.8. The van der Waals surface area contributed by atoms with Gasteiger partial charge in [0.05, 0.1) is 33.1 Å². The van der Waals surface area contributed by atoms with E-state index in [9.17, 15) is 14.4 Å². The molecule has 48 heavy (non-hydrogen) atoms. The van der Waals surface area contributed by atoms with Gasteiger partial charge in [-0.1, -0.05) is 18.6 Å². The molecule has 254 valence electrons. The number of carbonyl (C=O) groups excluding carboxylic acids is 2. The molecule has 1 aliphatic rings. The first-order valence-electron chi connectivity index (χ1n) is 16.4.